The van der Waals surface area contributed by atoms with Crippen molar-refractivity contribution in [1.29, 1.82) is 0 Å². The van der Waals surface area contributed by atoms with Crippen LogP contribution in [0.2, 0.25) is 0 Å². The Bertz CT molecular complexity index is 1340. The van der Waals surface area contributed by atoms with Crippen LogP contribution in [-0.2, 0) is 26.1 Å². The molecule has 1 aromatic carbocycles. The van der Waals surface area contributed by atoms with E-state index in [4.69, 9.17) is 14.5 Å². The van der Waals surface area contributed by atoms with Gasteiger partial charge in [0.2, 0.25) is 5.91 Å². The van der Waals surface area contributed by atoms with Crippen molar-refractivity contribution in [2.24, 2.45) is 0 Å². The SMILES string of the molecule is CC1COCCN1C[C@H]1CN(C(=O)OC(C)(C)C)[C@H](C)CN1CC(=O)N1CC(C)(C)c2cnc(Cc3ccc(F)cc3)cc21. The van der Waals surface area contributed by atoms with Crippen LogP contribution in [0.3, 0.4) is 0 Å². The van der Waals surface area contributed by atoms with Gasteiger partial charge in [-0.1, -0.05) is 26.0 Å². The molecule has 2 fully saturated rings. The van der Waals surface area contributed by atoms with Gasteiger partial charge in [-0.15, -0.1) is 0 Å². The number of ether oxygens (including phenoxy) is 2. The number of aromatic nitrogens is 1. The minimum atomic E-state index is -0.585. The van der Waals surface area contributed by atoms with Gasteiger partial charge in [0.25, 0.3) is 0 Å². The van der Waals surface area contributed by atoms with E-state index in [1.165, 1.54) is 12.1 Å². The van der Waals surface area contributed by atoms with Crippen molar-refractivity contribution in [3.8, 4) is 0 Å². The average Bonchev–Trinajstić information content (AvgIpc) is 3.21. The van der Waals surface area contributed by atoms with Crippen molar-refractivity contribution >= 4 is 17.7 Å². The zero-order chi connectivity index (χ0) is 31.8. The number of piperazine rings is 1. The molecule has 2 saturated heterocycles. The maximum absolute atomic E-state index is 14.2. The first-order chi connectivity index (χ1) is 20.7. The predicted molar refractivity (Wildman–Crippen MR) is 168 cm³/mol. The van der Waals surface area contributed by atoms with Crippen LogP contribution in [0, 0.1) is 5.82 Å². The standard InChI is InChI=1S/C34H48FN5O4/c1-23-17-38(28(18-37-12-13-43-21-24(37)2)19-39(23)32(42)44-33(3,4)5)20-31(41)40-22-34(6,7)29-16-36-27(15-30(29)40)14-25-8-10-26(35)11-9-25/h8-11,15-16,23-24,28H,12-14,17-22H2,1-7H3/t23-,24?,28+/m1/s1. The highest BCUT2D eigenvalue weighted by atomic mass is 19.1. The first-order valence-corrected chi connectivity index (χ1v) is 15.8. The molecule has 9 nitrogen and oxygen atoms in total. The molecule has 44 heavy (non-hydrogen) atoms. The maximum atomic E-state index is 14.2. The Balaban J connectivity index is 1.36. The van der Waals surface area contributed by atoms with E-state index in [2.05, 4.69) is 30.6 Å². The molecular weight excluding hydrogens is 561 g/mol. The maximum Gasteiger partial charge on any atom is 0.410 e. The van der Waals surface area contributed by atoms with E-state index in [9.17, 15) is 14.0 Å². The van der Waals surface area contributed by atoms with Gasteiger partial charge in [0.1, 0.15) is 11.4 Å². The van der Waals surface area contributed by atoms with Gasteiger partial charge in [-0.25, -0.2) is 9.18 Å². The third-order valence-corrected chi connectivity index (χ3v) is 8.98. The molecule has 0 radical (unpaired) electrons. The summed E-state index contributed by atoms with van der Waals surface area (Å²) in [6, 6.07) is 8.58. The van der Waals surface area contributed by atoms with E-state index in [1.807, 2.05) is 49.8 Å². The van der Waals surface area contributed by atoms with Crippen LogP contribution in [-0.4, -0.2) is 108 Å². The van der Waals surface area contributed by atoms with Gasteiger partial charge in [0.15, 0.2) is 0 Å². The predicted octanol–water partition coefficient (Wildman–Crippen LogP) is 4.47. The molecule has 2 amide bonds. The normalized spacial score (nSPS) is 24.3. The molecule has 10 heteroatoms. The Kier molecular flexibility index (Phi) is 9.35. The van der Waals surface area contributed by atoms with Gasteiger partial charge in [0.05, 0.1) is 25.4 Å². The van der Waals surface area contributed by atoms with Crippen LogP contribution in [0.15, 0.2) is 36.5 Å². The van der Waals surface area contributed by atoms with E-state index < -0.39 is 5.60 Å². The van der Waals surface area contributed by atoms with Crippen molar-refractivity contribution in [3.05, 3.63) is 59.2 Å². The molecule has 0 aliphatic carbocycles. The molecule has 1 aromatic heterocycles. The number of fused-ring (bicyclic) bond motifs is 1. The van der Waals surface area contributed by atoms with Gasteiger partial charge in [-0.3, -0.25) is 19.6 Å². The number of amides is 2. The Morgan fingerprint density at radius 3 is 2.50 bits per heavy atom. The number of halogens is 1. The number of pyridine rings is 1. The molecular formula is C34H48FN5O4. The topological polar surface area (TPSA) is 78.5 Å². The summed E-state index contributed by atoms with van der Waals surface area (Å²) >= 11 is 0. The van der Waals surface area contributed by atoms with Crippen LogP contribution >= 0.6 is 0 Å². The fourth-order valence-corrected chi connectivity index (χ4v) is 6.54. The molecule has 3 aliphatic heterocycles. The second-order valence-corrected chi connectivity index (χ2v) is 14.3. The zero-order valence-electron chi connectivity index (χ0n) is 27.3. The van der Waals surface area contributed by atoms with Crippen molar-refractivity contribution in [3.63, 3.8) is 0 Å². The summed E-state index contributed by atoms with van der Waals surface area (Å²) in [7, 11) is 0. The Hall–Kier alpha value is -3.08. The lowest BCUT2D eigenvalue weighted by atomic mass is 9.88. The fraction of sp³-hybridized carbons (Fsp3) is 0.618. The molecule has 4 heterocycles. The quantitative estimate of drug-likeness (QED) is 0.479. The number of rotatable bonds is 6. The number of anilines is 1. The lowest BCUT2D eigenvalue weighted by Crippen LogP contribution is -2.64. The van der Waals surface area contributed by atoms with E-state index in [0.717, 1.165) is 35.6 Å². The van der Waals surface area contributed by atoms with Crippen molar-refractivity contribution < 1.29 is 23.5 Å². The summed E-state index contributed by atoms with van der Waals surface area (Å²) in [5.74, 6) is -0.231. The number of carbonyl (C=O) groups is 2. The van der Waals surface area contributed by atoms with Gasteiger partial charge < -0.3 is 19.3 Å². The number of hydrogen-bond donors (Lipinski definition) is 0. The Morgan fingerprint density at radius 2 is 1.82 bits per heavy atom. The zero-order valence-corrected chi connectivity index (χ0v) is 27.3. The molecule has 0 saturated carbocycles. The number of nitrogens with zero attached hydrogens (tertiary/aromatic N) is 5. The van der Waals surface area contributed by atoms with Crippen LogP contribution in [0.1, 0.15) is 65.3 Å². The minimum Gasteiger partial charge on any atom is -0.444 e. The first-order valence-electron chi connectivity index (χ1n) is 15.8. The molecule has 2 aromatic rings. The van der Waals surface area contributed by atoms with Gasteiger partial charge in [0, 0.05) is 80.1 Å². The van der Waals surface area contributed by atoms with Crippen molar-refractivity contribution in [1.82, 2.24) is 19.7 Å². The van der Waals surface area contributed by atoms with Crippen molar-refractivity contribution in [2.45, 2.75) is 84.0 Å². The van der Waals surface area contributed by atoms with Crippen LogP contribution in [0.4, 0.5) is 14.9 Å². The molecule has 3 aliphatic rings. The fourth-order valence-electron chi connectivity index (χ4n) is 6.54. The summed E-state index contributed by atoms with van der Waals surface area (Å²) in [5.41, 5.74) is 2.92. The van der Waals surface area contributed by atoms with Gasteiger partial charge in [-0.2, -0.15) is 0 Å². The second kappa shape index (κ2) is 12.7. The summed E-state index contributed by atoms with van der Waals surface area (Å²) in [4.78, 5) is 40.5. The smallest absolute Gasteiger partial charge is 0.410 e. The number of hydrogen-bond acceptors (Lipinski definition) is 7. The van der Waals surface area contributed by atoms with Crippen molar-refractivity contribution in [2.75, 3.05) is 57.4 Å². The van der Waals surface area contributed by atoms with Crippen LogP contribution < -0.4 is 4.90 Å². The highest BCUT2D eigenvalue weighted by molar-refractivity contribution is 5.97. The van der Waals surface area contributed by atoms with E-state index >= 15 is 0 Å². The number of carbonyl (C=O) groups excluding carboxylic acids is 2. The molecule has 0 bridgehead atoms. The molecule has 5 rings (SSSR count). The van der Waals surface area contributed by atoms with Crippen LogP contribution in [0.5, 0.6) is 0 Å². The number of benzene rings is 1. The Morgan fingerprint density at radius 1 is 1.09 bits per heavy atom. The molecule has 0 N–H and O–H groups in total. The molecule has 0 spiro atoms. The summed E-state index contributed by atoms with van der Waals surface area (Å²) < 4.78 is 24.9. The number of morpholine rings is 1. The second-order valence-electron chi connectivity index (χ2n) is 14.3. The van der Waals surface area contributed by atoms with E-state index in [-0.39, 0.29) is 47.9 Å². The third-order valence-electron chi connectivity index (χ3n) is 8.98. The summed E-state index contributed by atoms with van der Waals surface area (Å²) in [6.45, 7) is 18.9. The highest BCUT2D eigenvalue weighted by Gasteiger charge is 2.42. The van der Waals surface area contributed by atoms with E-state index in [0.29, 0.717) is 39.3 Å². The highest BCUT2D eigenvalue weighted by Crippen LogP contribution is 2.40. The Labute approximate surface area is 261 Å². The summed E-state index contributed by atoms with van der Waals surface area (Å²) in [5, 5.41) is 0. The molecule has 240 valence electrons. The minimum absolute atomic E-state index is 0.0358. The monoisotopic (exact) mass is 609 g/mol. The third kappa shape index (κ3) is 7.41. The average molecular weight is 610 g/mol. The largest absolute Gasteiger partial charge is 0.444 e. The lowest BCUT2D eigenvalue weighted by molar-refractivity contribution is -0.121. The first kappa shape index (κ1) is 32.3. The van der Waals surface area contributed by atoms with E-state index in [1.54, 1.807) is 12.1 Å². The summed E-state index contributed by atoms with van der Waals surface area (Å²) in [6.07, 6.45) is 2.14. The van der Waals surface area contributed by atoms with Gasteiger partial charge >= 0.3 is 6.09 Å². The van der Waals surface area contributed by atoms with Crippen LogP contribution in [0.25, 0.3) is 0 Å². The lowest BCUT2D eigenvalue weighted by Gasteiger charge is -2.47. The molecule has 3 atom stereocenters. The molecule has 1 unspecified atom stereocenters. The van der Waals surface area contributed by atoms with Gasteiger partial charge in [-0.05, 0) is 58.4 Å².